The summed E-state index contributed by atoms with van der Waals surface area (Å²) in [6, 6.07) is 0. The summed E-state index contributed by atoms with van der Waals surface area (Å²) < 4.78 is 9.57. The molecular formula is C13H24N2O4. The lowest BCUT2D eigenvalue weighted by Crippen LogP contribution is -2.11. The lowest BCUT2D eigenvalue weighted by molar-refractivity contribution is 0.128. The van der Waals surface area contributed by atoms with Crippen LogP contribution in [0.2, 0.25) is 0 Å². The number of azo groups is 1. The fraction of sp³-hybridized carbons (Fsp3) is 0.846. The van der Waals surface area contributed by atoms with Crippen LogP contribution < -0.4 is 0 Å². The number of rotatable bonds is 8. The SMILES string of the molecule is CCCCC(CC)COC(=O)/N=N/C(=O)OCCC. The molecule has 6 heteroatoms. The van der Waals surface area contributed by atoms with Gasteiger partial charge in [-0.2, -0.15) is 0 Å². The Morgan fingerprint density at radius 3 is 2.16 bits per heavy atom. The van der Waals surface area contributed by atoms with Crippen molar-refractivity contribution < 1.29 is 19.1 Å². The first-order chi connectivity index (χ1) is 9.13. The predicted molar refractivity (Wildman–Crippen MR) is 71.1 cm³/mol. The Kier molecular flexibility index (Phi) is 10.7. The van der Waals surface area contributed by atoms with Crippen molar-refractivity contribution in [1.82, 2.24) is 0 Å². The lowest BCUT2D eigenvalue weighted by atomic mass is 10.0. The minimum atomic E-state index is -0.864. The van der Waals surface area contributed by atoms with E-state index in [1.165, 1.54) is 0 Å². The van der Waals surface area contributed by atoms with Gasteiger partial charge in [-0.15, -0.1) is 0 Å². The molecule has 1 unspecified atom stereocenters. The second-order valence-corrected chi connectivity index (χ2v) is 4.31. The molecular weight excluding hydrogens is 248 g/mol. The van der Waals surface area contributed by atoms with Gasteiger partial charge in [0, 0.05) is 0 Å². The maximum absolute atomic E-state index is 11.2. The van der Waals surface area contributed by atoms with E-state index in [1.807, 2.05) is 6.92 Å². The van der Waals surface area contributed by atoms with Crippen LogP contribution in [0.1, 0.15) is 52.9 Å². The van der Waals surface area contributed by atoms with Crippen LogP contribution in [0, 0.1) is 5.92 Å². The highest BCUT2D eigenvalue weighted by Crippen LogP contribution is 2.13. The van der Waals surface area contributed by atoms with Crippen LogP contribution in [0.15, 0.2) is 10.2 Å². The largest absolute Gasteiger partial charge is 0.452 e. The normalized spacial score (nSPS) is 12.4. The molecule has 0 fully saturated rings. The van der Waals surface area contributed by atoms with Crippen molar-refractivity contribution in [2.75, 3.05) is 13.2 Å². The zero-order chi connectivity index (χ0) is 14.5. The molecule has 0 aliphatic heterocycles. The molecule has 0 aliphatic rings. The van der Waals surface area contributed by atoms with Gasteiger partial charge in [0.1, 0.15) is 0 Å². The average Bonchev–Trinajstić information content (AvgIpc) is 2.43. The van der Waals surface area contributed by atoms with E-state index in [2.05, 4.69) is 28.8 Å². The molecule has 1 atom stereocenters. The Morgan fingerprint density at radius 2 is 1.63 bits per heavy atom. The monoisotopic (exact) mass is 272 g/mol. The number of hydrogen-bond donors (Lipinski definition) is 0. The summed E-state index contributed by atoms with van der Waals surface area (Å²) in [5.41, 5.74) is 0. The van der Waals surface area contributed by atoms with Crippen LogP contribution in [0.3, 0.4) is 0 Å². The van der Waals surface area contributed by atoms with E-state index < -0.39 is 12.2 Å². The predicted octanol–water partition coefficient (Wildman–Crippen LogP) is 4.34. The summed E-state index contributed by atoms with van der Waals surface area (Å²) >= 11 is 0. The Hall–Kier alpha value is -1.46. The van der Waals surface area contributed by atoms with Gasteiger partial charge in [0.2, 0.25) is 0 Å². The molecule has 0 N–H and O–H groups in total. The highest BCUT2D eigenvalue weighted by Gasteiger charge is 2.10. The summed E-state index contributed by atoms with van der Waals surface area (Å²) in [5.74, 6) is 0.339. The highest BCUT2D eigenvalue weighted by atomic mass is 16.6. The van der Waals surface area contributed by atoms with Crippen molar-refractivity contribution in [2.24, 2.45) is 16.1 Å². The second kappa shape index (κ2) is 11.6. The molecule has 0 radical (unpaired) electrons. The zero-order valence-electron chi connectivity index (χ0n) is 12.1. The number of hydrogen-bond acceptors (Lipinski definition) is 4. The van der Waals surface area contributed by atoms with E-state index in [1.54, 1.807) is 0 Å². The molecule has 0 spiro atoms. The number of amides is 2. The standard InChI is InChI=1S/C13H24N2O4/c1-4-7-8-11(6-3)10-19-13(17)15-14-12(16)18-9-5-2/h11H,4-10H2,1-3H3/b15-14+. The van der Waals surface area contributed by atoms with E-state index in [-0.39, 0.29) is 6.61 Å². The minimum Gasteiger partial charge on any atom is -0.447 e. The van der Waals surface area contributed by atoms with Crippen LogP contribution in [0.4, 0.5) is 9.59 Å². The molecule has 2 amide bonds. The fourth-order valence-corrected chi connectivity index (χ4v) is 1.42. The number of carbonyl (C=O) groups is 2. The van der Waals surface area contributed by atoms with Crippen LogP contribution in [-0.4, -0.2) is 25.4 Å². The minimum absolute atomic E-state index is 0.266. The van der Waals surface area contributed by atoms with Gasteiger partial charge in [0.05, 0.1) is 13.2 Å². The van der Waals surface area contributed by atoms with E-state index in [0.717, 1.165) is 25.7 Å². The van der Waals surface area contributed by atoms with Gasteiger partial charge >= 0.3 is 12.2 Å². The molecule has 0 aromatic rings. The van der Waals surface area contributed by atoms with Gasteiger partial charge < -0.3 is 9.47 Å². The molecule has 0 saturated heterocycles. The van der Waals surface area contributed by atoms with Crippen LogP contribution in [0.5, 0.6) is 0 Å². The third kappa shape index (κ3) is 10.2. The number of unbranched alkanes of at least 4 members (excludes halogenated alkanes) is 1. The maximum atomic E-state index is 11.2. The summed E-state index contributed by atoms with van der Waals surface area (Å²) in [4.78, 5) is 22.2. The average molecular weight is 272 g/mol. The summed E-state index contributed by atoms with van der Waals surface area (Å²) in [7, 11) is 0. The molecule has 19 heavy (non-hydrogen) atoms. The molecule has 0 saturated carbocycles. The smallest absolute Gasteiger partial charge is 0.447 e. The second-order valence-electron chi connectivity index (χ2n) is 4.31. The van der Waals surface area contributed by atoms with Crippen LogP contribution >= 0.6 is 0 Å². The van der Waals surface area contributed by atoms with E-state index in [9.17, 15) is 9.59 Å². The Labute approximate surface area is 114 Å². The Bertz CT molecular complexity index is 292. The molecule has 0 aromatic heterocycles. The van der Waals surface area contributed by atoms with Gasteiger partial charge in [-0.1, -0.05) is 50.3 Å². The summed E-state index contributed by atoms with van der Waals surface area (Å²) in [6.45, 7) is 6.62. The van der Waals surface area contributed by atoms with Crippen molar-refractivity contribution in [3.63, 3.8) is 0 Å². The third-order valence-electron chi connectivity index (χ3n) is 2.63. The fourth-order valence-electron chi connectivity index (χ4n) is 1.42. The number of nitrogens with zero attached hydrogens (tertiary/aromatic N) is 2. The zero-order valence-corrected chi connectivity index (χ0v) is 12.1. The first kappa shape index (κ1) is 17.5. The van der Waals surface area contributed by atoms with Crippen molar-refractivity contribution in [1.29, 1.82) is 0 Å². The van der Waals surface area contributed by atoms with E-state index in [4.69, 9.17) is 4.74 Å². The van der Waals surface area contributed by atoms with E-state index >= 15 is 0 Å². The van der Waals surface area contributed by atoms with Gasteiger partial charge in [-0.25, -0.2) is 9.59 Å². The third-order valence-corrected chi connectivity index (χ3v) is 2.63. The van der Waals surface area contributed by atoms with Crippen molar-refractivity contribution in [3.8, 4) is 0 Å². The number of carbonyl (C=O) groups excluding carboxylic acids is 2. The summed E-state index contributed by atoms with van der Waals surface area (Å²) in [5, 5.41) is 6.27. The molecule has 0 aromatic carbocycles. The molecule has 110 valence electrons. The number of ether oxygens (including phenoxy) is 2. The topological polar surface area (TPSA) is 77.3 Å². The molecule has 0 heterocycles. The van der Waals surface area contributed by atoms with Gasteiger partial charge in [-0.05, 0) is 18.8 Å². The quantitative estimate of drug-likeness (QED) is 0.616. The molecule has 0 rings (SSSR count). The van der Waals surface area contributed by atoms with Gasteiger partial charge in [-0.3, -0.25) is 0 Å². The van der Waals surface area contributed by atoms with Gasteiger partial charge in [0.15, 0.2) is 0 Å². The lowest BCUT2D eigenvalue weighted by Gasteiger charge is -2.12. The van der Waals surface area contributed by atoms with Crippen LogP contribution in [0.25, 0.3) is 0 Å². The Morgan fingerprint density at radius 1 is 1.00 bits per heavy atom. The first-order valence-corrected chi connectivity index (χ1v) is 6.89. The van der Waals surface area contributed by atoms with Crippen molar-refractivity contribution in [3.05, 3.63) is 0 Å². The molecule has 0 bridgehead atoms. The van der Waals surface area contributed by atoms with Gasteiger partial charge in [0.25, 0.3) is 0 Å². The maximum Gasteiger partial charge on any atom is 0.452 e. The van der Waals surface area contributed by atoms with Crippen molar-refractivity contribution >= 4 is 12.2 Å². The molecule has 6 nitrogen and oxygen atoms in total. The first-order valence-electron chi connectivity index (χ1n) is 6.89. The van der Waals surface area contributed by atoms with E-state index in [0.29, 0.717) is 18.9 Å². The van der Waals surface area contributed by atoms with Crippen molar-refractivity contribution in [2.45, 2.75) is 52.9 Å². The summed E-state index contributed by atoms with van der Waals surface area (Å²) in [6.07, 6.45) is 3.19. The highest BCUT2D eigenvalue weighted by molar-refractivity contribution is 5.73. The molecule has 0 aliphatic carbocycles. The Balaban J connectivity index is 3.89. The van der Waals surface area contributed by atoms with Crippen LogP contribution in [-0.2, 0) is 9.47 Å².